The lowest BCUT2D eigenvalue weighted by Crippen LogP contribution is -2.53. The predicted octanol–water partition coefficient (Wildman–Crippen LogP) is 2.74. The van der Waals surface area contributed by atoms with Crippen molar-refractivity contribution in [1.29, 1.82) is 0 Å². The summed E-state index contributed by atoms with van der Waals surface area (Å²) in [5.41, 5.74) is 3.44. The van der Waals surface area contributed by atoms with E-state index in [1.807, 2.05) is 0 Å². The molecular formula is C19H24N4OS. The fourth-order valence-corrected chi connectivity index (χ4v) is 4.52. The topological polar surface area (TPSA) is 49.8 Å². The van der Waals surface area contributed by atoms with Gasteiger partial charge >= 0.3 is 0 Å². The average Bonchev–Trinajstić information content (AvgIpc) is 2.91. The second kappa shape index (κ2) is 7.23. The maximum Gasteiger partial charge on any atom is 0.156 e. The van der Waals surface area contributed by atoms with Crippen molar-refractivity contribution in [3.8, 4) is 0 Å². The van der Waals surface area contributed by atoms with Gasteiger partial charge in [0.05, 0.1) is 10.7 Å². The molecule has 0 radical (unpaired) electrons. The third kappa shape index (κ3) is 3.47. The van der Waals surface area contributed by atoms with Crippen LogP contribution >= 0.6 is 11.3 Å². The summed E-state index contributed by atoms with van der Waals surface area (Å²) in [6, 6.07) is 8.89. The Hall–Kier alpha value is -1.76. The van der Waals surface area contributed by atoms with Gasteiger partial charge in [0.15, 0.2) is 5.84 Å². The molecule has 1 aromatic carbocycles. The molecule has 2 aliphatic heterocycles. The van der Waals surface area contributed by atoms with Crippen molar-refractivity contribution < 1.29 is 4.74 Å². The van der Waals surface area contributed by atoms with Crippen LogP contribution in [0.5, 0.6) is 0 Å². The Morgan fingerprint density at radius 1 is 1.36 bits per heavy atom. The third-order valence-electron chi connectivity index (χ3n) is 4.81. The molecular weight excluding hydrogens is 332 g/mol. The molecule has 1 N–H and O–H groups in total. The number of fused-ring (bicyclic) bond motifs is 2. The number of aliphatic imine (C=N–C) groups is 1. The molecule has 0 unspecified atom stereocenters. The van der Waals surface area contributed by atoms with Crippen LogP contribution in [0.2, 0.25) is 0 Å². The van der Waals surface area contributed by atoms with E-state index in [0.29, 0.717) is 6.04 Å². The van der Waals surface area contributed by atoms with E-state index < -0.39 is 0 Å². The molecule has 1 aromatic heterocycles. The second-order valence-corrected chi connectivity index (χ2v) is 7.91. The molecule has 6 heteroatoms. The SMILES string of the molecule is COCC[C@H]1CN(C2=Nc3ccccc3Cc3sc(C)nc32)CCN1. The number of aryl methyl sites for hydroxylation is 1. The van der Waals surface area contributed by atoms with Crippen LogP contribution in [-0.2, 0) is 11.2 Å². The molecule has 0 bridgehead atoms. The monoisotopic (exact) mass is 356 g/mol. The molecule has 5 nitrogen and oxygen atoms in total. The molecule has 1 saturated heterocycles. The standard InChI is InChI=1S/C19H24N4OS/c1-13-21-18-17(25-13)11-14-5-3-4-6-16(14)22-19(18)23-9-8-20-15(12-23)7-10-24-2/h3-6,15,20H,7-12H2,1-2H3/t15-/m0/s1. The number of hydrogen-bond donors (Lipinski definition) is 1. The minimum atomic E-state index is 0.429. The molecule has 132 valence electrons. The van der Waals surface area contributed by atoms with E-state index in [9.17, 15) is 0 Å². The number of hydrogen-bond acceptors (Lipinski definition) is 6. The van der Waals surface area contributed by atoms with Gasteiger partial charge in [-0.1, -0.05) is 18.2 Å². The molecule has 0 amide bonds. The number of benzene rings is 1. The second-order valence-electron chi connectivity index (χ2n) is 6.62. The van der Waals surface area contributed by atoms with E-state index in [-0.39, 0.29) is 0 Å². The Balaban J connectivity index is 1.70. The summed E-state index contributed by atoms with van der Waals surface area (Å²) in [4.78, 5) is 13.6. The Morgan fingerprint density at radius 3 is 3.12 bits per heavy atom. The van der Waals surface area contributed by atoms with Crippen LogP contribution in [0.25, 0.3) is 0 Å². The van der Waals surface area contributed by atoms with Crippen molar-refractivity contribution >= 4 is 22.9 Å². The normalized spacial score (nSPS) is 19.8. The van der Waals surface area contributed by atoms with E-state index >= 15 is 0 Å². The first-order valence-electron chi connectivity index (χ1n) is 8.85. The Kier molecular flexibility index (Phi) is 4.83. The first-order valence-corrected chi connectivity index (χ1v) is 9.67. The highest BCUT2D eigenvalue weighted by molar-refractivity contribution is 7.11. The van der Waals surface area contributed by atoms with Crippen LogP contribution in [0, 0.1) is 6.92 Å². The smallest absolute Gasteiger partial charge is 0.156 e. The van der Waals surface area contributed by atoms with Gasteiger partial charge in [-0.3, -0.25) is 0 Å². The Morgan fingerprint density at radius 2 is 2.24 bits per heavy atom. The van der Waals surface area contributed by atoms with Crippen molar-refractivity contribution in [1.82, 2.24) is 15.2 Å². The number of ether oxygens (including phenoxy) is 1. The van der Waals surface area contributed by atoms with Gasteiger partial charge in [-0.05, 0) is 25.0 Å². The minimum Gasteiger partial charge on any atom is -0.385 e. The fraction of sp³-hybridized carbons (Fsp3) is 0.474. The van der Waals surface area contributed by atoms with Crippen LogP contribution in [0.15, 0.2) is 29.3 Å². The fourth-order valence-electron chi connectivity index (χ4n) is 3.56. The number of nitrogens with one attached hydrogen (secondary N) is 1. The highest BCUT2D eigenvalue weighted by atomic mass is 32.1. The molecule has 0 spiro atoms. The number of piperazine rings is 1. The summed E-state index contributed by atoms with van der Waals surface area (Å²) < 4.78 is 5.25. The van der Waals surface area contributed by atoms with Crippen LogP contribution in [0.1, 0.15) is 27.6 Å². The van der Waals surface area contributed by atoms with Gasteiger partial charge < -0.3 is 15.0 Å². The minimum absolute atomic E-state index is 0.429. The molecule has 1 fully saturated rings. The lowest BCUT2D eigenvalue weighted by Gasteiger charge is -2.35. The van der Waals surface area contributed by atoms with Gasteiger partial charge in [-0.25, -0.2) is 9.98 Å². The van der Waals surface area contributed by atoms with Gasteiger partial charge in [0.1, 0.15) is 5.69 Å². The zero-order chi connectivity index (χ0) is 17.2. The number of amidine groups is 1. The molecule has 0 saturated carbocycles. The van der Waals surface area contributed by atoms with Crippen molar-refractivity contribution in [3.63, 3.8) is 0 Å². The largest absolute Gasteiger partial charge is 0.385 e. The van der Waals surface area contributed by atoms with Gasteiger partial charge in [0.25, 0.3) is 0 Å². The maximum absolute atomic E-state index is 5.25. The van der Waals surface area contributed by atoms with Gasteiger partial charge in [0, 0.05) is 50.7 Å². The zero-order valence-electron chi connectivity index (χ0n) is 14.8. The van der Waals surface area contributed by atoms with E-state index in [1.54, 1.807) is 18.4 Å². The molecule has 2 aliphatic rings. The van der Waals surface area contributed by atoms with E-state index in [2.05, 4.69) is 41.4 Å². The van der Waals surface area contributed by atoms with Crippen LogP contribution in [0.4, 0.5) is 5.69 Å². The van der Waals surface area contributed by atoms with Crippen LogP contribution in [-0.4, -0.2) is 55.1 Å². The lowest BCUT2D eigenvalue weighted by atomic mass is 10.1. The van der Waals surface area contributed by atoms with Crippen molar-refractivity contribution in [2.24, 2.45) is 4.99 Å². The van der Waals surface area contributed by atoms with Crippen molar-refractivity contribution in [2.45, 2.75) is 25.8 Å². The van der Waals surface area contributed by atoms with E-state index in [0.717, 1.165) is 61.3 Å². The van der Waals surface area contributed by atoms with Crippen LogP contribution < -0.4 is 5.32 Å². The lowest BCUT2D eigenvalue weighted by molar-refractivity contribution is 0.168. The number of thiazole rings is 1. The number of methoxy groups -OCH3 is 1. The van der Waals surface area contributed by atoms with Gasteiger partial charge in [0.2, 0.25) is 0 Å². The highest BCUT2D eigenvalue weighted by Gasteiger charge is 2.28. The highest BCUT2D eigenvalue weighted by Crippen LogP contribution is 2.32. The molecule has 4 rings (SSSR count). The molecule has 1 atom stereocenters. The summed E-state index contributed by atoms with van der Waals surface area (Å²) >= 11 is 1.80. The van der Waals surface area contributed by atoms with Gasteiger partial charge in [-0.2, -0.15) is 0 Å². The average molecular weight is 356 g/mol. The van der Waals surface area contributed by atoms with E-state index in [4.69, 9.17) is 14.7 Å². The number of rotatable bonds is 3. The Bertz CT molecular complexity index is 785. The first-order chi connectivity index (χ1) is 12.2. The predicted molar refractivity (Wildman–Crippen MR) is 102 cm³/mol. The first kappa shape index (κ1) is 16.7. The molecule has 2 aromatic rings. The van der Waals surface area contributed by atoms with E-state index in [1.165, 1.54) is 10.4 Å². The number of aromatic nitrogens is 1. The number of para-hydroxylation sites is 1. The maximum atomic E-state index is 5.25. The third-order valence-corrected chi connectivity index (χ3v) is 5.78. The Labute approximate surface area is 152 Å². The number of nitrogens with zero attached hydrogens (tertiary/aromatic N) is 3. The molecule has 0 aliphatic carbocycles. The summed E-state index contributed by atoms with van der Waals surface area (Å²) in [5.74, 6) is 1.04. The van der Waals surface area contributed by atoms with Crippen molar-refractivity contribution in [3.05, 3.63) is 45.4 Å². The summed E-state index contributed by atoms with van der Waals surface area (Å²) in [5, 5.41) is 4.71. The quantitative estimate of drug-likeness (QED) is 0.919. The summed E-state index contributed by atoms with van der Waals surface area (Å²) in [6.45, 7) is 5.73. The zero-order valence-corrected chi connectivity index (χ0v) is 15.6. The molecule has 3 heterocycles. The summed E-state index contributed by atoms with van der Waals surface area (Å²) in [7, 11) is 1.76. The summed E-state index contributed by atoms with van der Waals surface area (Å²) in [6.07, 6.45) is 1.93. The van der Waals surface area contributed by atoms with Gasteiger partial charge in [-0.15, -0.1) is 11.3 Å². The van der Waals surface area contributed by atoms with Crippen molar-refractivity contribution in [2.75, 3.05) is 33.4 Å². The van der Waals surface area contributed by atoms with Crippen LogP contribution in [0.3, 0.4) is 0 Å². The molecule has 25 heavy (non-hydrogen) atoms.